The van der Waals surface area contributed by atoms with Crippen LogP contribution in [0.3, 0.4) is 0 Å². The lowest BCUT2D eigenvalue weighted by Gasteiger charge is -2.26. The molecule has 1 aromatic carbocycles. The molecule has 19 heavy (non-hydrogen) atoms. The molecule has 1 aliphatic carbocycles. The van der Waals surface area contributed by atoms with Gasteiger partial charge in [0.15, 0.2) is 0 Å². The quantitative estimate of drug-likeness (QED) is 0.642. The van der Waals surface area contributed by atoms with Crippen molar-refractivity contribution in [3.8, 4) is 0 Å². The second-order valence-electron chi connectivity index (χ2n) is 5.14. The van der Waals surface area contributed by atoms with Crippen LogP contribution in [-0.4, -0.2) is 23.9 Å². The molecule has 3 nitrogen and oxygen atoms in total. The Hall–Kier alpha value is -1.00. The van der Waals surface area contributed by atoms with Crippen molar-refractivity contribution in [3.05, 3.63) is 29.8 Å². The molecule has 0 aliphatic heterocycles. The van der Waals surface area contributed by atoms with Crippen LogP contribution in [0.15, 0.2) is 29.2 Å². The molecule has 0 heterocycles. The van der Waals surface area contributed by atoms with Gasteiger partial charge < -0.3 is 10.5 Å². The summed E-state index contributed by atoms with van der Waals surface area (Å²) in [5.74, 6) is 0.612. The first-order valence-corrected chi connectivity index (χ1v) is 7.70. The van der Waals surface area contributed by atoms with Gasteiger partial charge in [-0.3, -0.25) is 4.79 Å². The summed E-state index contributed by atoms with van der Waals surface area (Å²) in [6.07, 6.45) is 2.06. The molecule has 1 aliphatic rings. The average Bonchev–Trinajstić information content (AvgIpc) is 3.21. The number of carbonyl (C=O) groups excluding carboxylic acids is 1. The predicted molar refractivity (Wildman–Crippen MR) is 78.2 cm³/mol. The summed E-state index contributed by atoms with van der Waals surface area (Å²) in [7, 11) is 0. The number of thioether (sulfide) groups is 1. The third-order valence-electron chi connectivity index (χ3n) is 3.43. The monoisotopic (exact) mass is 279 g/mol. The van der Waals surface area contributed by atoms with E-state index in [1.165, 1.54) is 5.56 Å². The van der Waals surface area contributed by atoms with E-state index in [4.69, 9.17) is 10.5 Å². The maximum absolute atomic E-state index is 12.1. The summed E-state index contributed by atoms with van der Waals surface area (Å²) in [4.78, 5) is 13.2. The van der Waals surface area contributed by atoms with E-state index in [9.17, 15) is 4.79 Å². The number of nitrogens with two attached hydrogens (primary N) is 1. The Balaban J connectivity index is 2.03. The van der Waals surface area contributed by atoms with Gasteiger partial charge >= 0.3 is 5.97 Å². The molecule has 1 saturated carbocycles. The zero-order chi connectivity index (χ0) is 13.9. The van der Waals surface area contributed by atoms with Gasteiger partial charge in [-0.05, 0) is 44.7 Å². The molecule has 1 atom stereocenters. The molecule has 2 rings (SSSR count). The van der Waals surface area contributed by atoms with Crippen molar-refractivity contribution >= 4 is 17.7 Å². The number of rotatable bonds is 6. The molecular formula is C15H21NO2S. The van der Waals surface area contributed by atoms with E-state index in [-0.39, 0.29) is 11.9 Å². The largest absolute Gasteiger partial charge is 0.465 e. The Morgan fingerprint density at radius 1 is 1.53 bits per heavy atom. The summed E-state index contributed by atoms with van der Waals surface area (Å²) in [6.45, 7) is 4.27. The third-order valence-corrected chi connectivity index (χ3v) is 4.64. The second kappa shape index (κ2) is 5.97. The van der Waals surface area contributed by atoms with Gasteiger partial charge in [-0.2, -0.15) is 0 Å². The molecule has 0 bridgehead atoms. The lowest BCUT2D eigenvalue weighted by atomic mass is 9.97. The Morgan fingerprint density at radius 3 is 2.84 bits per heavy atom. The second-order valence-corrected chi connectivity index (χ2v) is 6.19. The molecule has 1 unspecified atom stereocenters. The zero-order valence-corrected chi connectivity index (χ0v) is 12.3. The highest BCUT2D eigenvalue weighted by Crippen LogP contribution is 2.41. The standard InChI is InChI=1S/C15H21NO2S/c1-3-18-14(17)15(16,12-7-8-12)10-19-13-6-4-5-11(2)9-13/h4-6,9,12H,3,7-8,10,16H2,1-2H3. The maximum Gasteiger partial charge on any atom is 0.327 e. The van der Waals surface area contributed by atoms with Crippen LogP contribution in [0, 0.1) is 12.8 Å². The van der Waals surface area contributed by atoms with E-state index < -0.39 is 5.54 Å². The molecule has 0 spiro atoms. The smallest absolute Gasteiger partial charge is 0.327 e. The molecule has 0 radical (unpaired) electrons. The average molecular weight is 279 g/mol. The van der Waals surface area contributed by atoms with Crippen LogP contribution in [0.4, 0.5) is 0 Å². The van der Waals surface area contributed by atoms with Crippen LogP contribution >= 0.6 is 11.8 Å². The van der Waals surface area contributed by atoms with Gasteiger partial charge in [-0.25, -0.2) is 0 Å². The number of esters is 1. The number of aryl methyl sites for hydroxylation is 1. The molecule has 0 amide bonds. The molecule has 2 N–H and O–H groups in total. The highest BCUT2D eigenvalue weighted by molar-refractivity contribution is 7.99. The van der Waals surface area contributed by atoms with Gasteiger partial charge in [0.2, 0.25) is 0 Å². The van der Waals surface area contributed by atoms with Crippen molar-refractivity contribution in [1.82, 2.24) is 0 Å². The van der Waals surface area contributed by atoms with E-state index in [2.05, 4.69) is 25.1 Å². The molecule has 1 fully saturated rings. The van der Waals surface area contributed by atoms with Crippen LogP contribution in [0.5, 0.6) is 0 Å². The maximum atomic E-state index is 12.1. The van der Waals surface area contributed by atoms with Crippen molar-refractivity contribution in [2.45, 2.75) is 37.1 Å². The summed E-state index contributed by atoms with van der Waals surface area (Å²) in [6, 6.07) is 8.25. The minimum absolute atomic E-state index is 0.252. The summed E-state index contributed by atoms with van der Waals surface area (Å²) < 4.78 is 5.14. The van der Waals surface area contributed by atoms with Crippen molar-refractivity contribution in [2.24, 2.45) is 11.7 Å². The van der Waals surface area contributed by atoms with Crippen molar-refractivity contribution in [1.29, 1.82) is 0 Å². The Morgan fingerprint density at radius 2 is 2.26 bits per heavy atom. The number of hydrogen-bond donors (Lipinski definition) is 1. The number of hydrogen-bond acceptors (Lipinski definition) is 4. The number of carbonyl (C=O) groups is 1. The highest BCUT2D eigenvalue weighted by Gasteiger charge is 2.49. The van der Waals surface area contributed by atoms with Gasteiger partial charge in [-0.1, -0.05) is 17.7 Å². The molecule has 0 aromatic heterocycles. The Bertz CT molecular complexity index is 459. The minimum Gasteiger partial charge on any atom is -0.465 e. The molecule has 4 heteroatoms. The van der Waals surface area contributed by atoms with E-state index >= 15 is 0 Å². The van der Waals surface area contributed by atoms with Crippen molar-refractivity contribution < 1.29 is 9.53 Å². The van der Waals surface area contributed by atoms with Crippen LogP contribution < -0.4 is 5.73 Å². The first kappa shape index (κ1) is 14.4. The normalized spacial score (nSPS) is 17.8. The van der Waals surface area contributed by atoms with E-state index in [0.717, 1.165) is 17.7 Å². The van der Waals surface area contributed by atoms with Crippen LogP contribution in [0.1, 0.15) is 25.3 Å². The zero-order valence-electron chi connectivity index (χ0n) is 11.5. The van der Waals surface area contributed by atoms with Crippen LogP contribution in [0.2, 0.25) is 0 Å². The first-order chi connectivity index (χ1) is 9.06. The van der Waals surface area contributed by atoms with Crippen LogP contribution in [-0.2, 0) is 9.53 Å². The summed E-state index contributed by atoms with van der Waals surface area (Å²) >= 11 is 1.64. The highest BCUT2D eigenvalue weighted by atomic mass is 32.2. The lowest BCUT2D eigenvalue weighted by molar-refractivity contribution is -0.149. The fourth-order valence-corrected chi connectivity index (χ4v) is 3.32. The third kappa shape index (κ3) is 3.51. The minimum atomic E-state index is -0.829. The van der Waals surface area contributed by atoms with Gasteiger partial charge in [0.1, 0.15) is 5.54 Å². The van der Waals surface area contributed by atoms with Crippen molar-refractivity contribution in [2.75, 3.05) is 12.4 Å². The Kier molecular flexibility index (Phi) is 4.53. The summed E-state index contributed by atoms with van der Waals surface area (Å²) in [5, 5.41) is 0. The van der Waals surface area contributed by atoms with E-state index in [1.54, 1.807) is 11.8 Å². The first-order valence-electron chi connectivity index (χ1n) is 6.72. The SMILES string of the molecule is CCOC(=O)C(N)(CSc1cccc(C)c1)C1CC1. The summed E-state index contributed by atoms with van der Waals surface area (Å²) in [5.41, 5.74) is 6.71. The number of ether oxygens (including phenoxy) is 1. The van der Waals surface area contributed by atoms with Gasteiger partial charge in [0.25, 0.3) is 0 Å². The fourth-order valence-electron chi connectivity index (χ4n) is 2.12. The molecule has 0 saturated heterocycles. The van der Waals surface area contributed by atoms with Gasteiger partial charge in [0.05, 0.1) is 6.61 Å². The van der Waals surface area contributed by atoms with Gasteiger partial charge in [-0.15, -0.1) is 11.8 Å². The topological polar surface area (TPSA) is 52.3 Å². The number of benzene rings is 1. The van der Waals surface area contributed by atoms with E-state index in [0.29, 0.717) is 12.4 Å². The predicted octanol–water partition coefficient (Wildman–Crippen LogP) is 2.76. The molecular weight excluding hydrogens is 258 g/mol. The Labute approximate surface area is 118 Å². The molecule has 104 valence electrons. The fraction of sp³-hybridized carbons (Fsp3) is 0.533. The van der Waals surface area contributed by atoms with E-state index in [1.807, 2.05) is 13.0 Å². The van der Waals surface area contributed by atoms with Gasteiger partial charge in [0, 0.05) is 10.6 Å². The molecule has 1 aromatic rings. The van der Waals surface area contributed by atoms with Crippen LogP contribution in [0.25, 0.3) is 0 Å². The lowest BCUT2D eigenvalue weighted by Crippen LogP contribution is -2.53. The van der Waals surface area contributed by atoms with Crippen molar-refractivity contribution in [3.63, 3.8) is 0 Å².